The van der Waals surface area contributed by atoms with Crippen molar-refractivity contribution in [2.45, 2.75) is 13.0 Å². The SMILES string of the molecule is OCCC#Cc1ccc(F)cc1OCc1ccccn1. The van der Waals surface area contributed by atoms with Crippen LogP contribution in [0.5, 0.6) is 5.75 Å². The topological polar surface area (TPSA) is 42.4 Å². The van der Waals surface area contributed by atoms with Crippen molar-refractivity contribution in [3.63, 3.8) is 0 Å². The molecule has 0 fully saturated rings. The number of halogens is 1. The highest BCUT2D eigenvalue weighted by Gasteiger charge is 2.04. The van der Waals surface area contributed by atoms with Crippen LogP contribution in [0.15, 0.2) is 42.6 Å². The number of aromatic nitrogens is 1. The third-order valence-corrected chi connectivity index (χ3v) is 2.51. The first-order valence-electron chi connectivity index (χ1n) is 6.21. The first-order valence-corrected chi connectivity index (χ1v) is 6.21. The second-order valence-electron chi connectivity index (χ2n) is 4.03. The van der Waals surface area contributed by atoms with Gasteiger partial charge in [-0.25, -0.2) is 4.39 Å². The summed E-state index contributed by atoms with van der Waals surface area (Å²) in [5.41, 5.74) is 1.35. The minimum Gasteiger partial charge on any atom is -0.486 e. The summed E-state index contributed by atoms with van der Waals surface area (Å²) in [4.78, 5) is 4.13. The molecule has 102 valence electrons. The molecule has 0 amide bonds. The van der Waals surface area contributed by atoms with Gasteiger partial charge in [0.15, 0.2) is 0 Å². The Bertz CT molecular complexity index is 617. The Labute approximate surface area is 117 Å². The van der Waals surface area contributed by atoms with E-state index >= 15 is 0 Å². The summed E-state index contributed by atoms with van der Waals surface area (Å²) < 4.78 is 18.8. The van der Waals surface area contributed by atoms with Gasteiger partial charge in [-0.3, -0.25) is 4.98 Å². The van der Waals surface area contributed by atoms with Crippen molar-refractivity contribution in [1.82, 2.24) is 4.98 Å². The van der Waals surface area contributed by atoms with Crippen molar-refractivity contribution >= 4 is 0 Å². The molecule has 0 spiro atoms. The van der Waals surface area contributed by atoms with Crippen LogP contribution in [0, 0.1) is 17.7 Å². The van der Waals surface area contributed by atoms with Gasteiger partial charge >= 0.3 is 0 Å². The minimum atomic E-state index is -0.381. The largest absolute Gasteiger partial charge is 0.486 e. The molecule has 2 rings (SSSR count). The Morgan fingerprint density at radius 2 is 2.15 bits per heavy atom. The van der Waals surface area contributed by atoms with E-state index < -0.39 is 0 Å². The van der Waals surface area contributed by atoms with Gasteiger partial charge in [0.1, 0.15) is 18.2 Å². The van der Waals surface area contributed by atoms with E-state index in [0.29, 0.717) is 17.7 Å². The van der Waals surface area contributed by atoms with Gasteiger partial charge in [-0.05, 0) is 24.3 Å². The van der Waals surface area contributed by atoms with E-state index in [1.807, 2.05) is 18.2 Å². The second-order valence-corrected chi connectivity index (χ2v) is 4.03. The number of hydrogen-bond donors (Lipinski definition) is 1. The van der Waals surface area contributed by atoms with Crippen molar-refractivity contribution in [3.8, 4) is 17.6 Å². The Kier molecular flexibility index (Phi) is 5.10. The lowest BCUT2D eigenvalue weighted by Crippen LogP contribution is -1.99. The van der Waals surface area contributed by atoms with E-state index in [-0.39, 0.29) is 19.0 Å². The summed E-state index contributed by atoms with van der Waals surface area (Å²) in [6, 6.07) is 9.70. The number of aliphatic hydroxyl groups is 1. The van der Waals surface area contributed by atoms with E-state index in [2.05, 4.69) is 16.8 Å². The lowest BCUT2D eigenvalue weighted by atomic mass is 10.2. The monoisotopic (exact) mass is 271 g/mol. The molecule has 3 nitrogen and oxygen atoms in total. The number of benzene rings is 1. The van der Waals surface area contributed by atoms with Crippen LogP contribution in [0.25, 0.3) is 0 Å². The maximum absolute atomic E-state index is 13.3. The molecular formula is C16H14FNO2. The van der Waals surface area contributed by atoms with Gasteiger partial charge in [0.25, 0.3) is 0 Å². The molecule has 0 aliphatic rings. The summed E-state index contributed by atoms with van der Waals surface area (Å²) in [7, 11) is 0. The number of aliphatic hydroxyl groups excluding tert-OH is 1. The standard InChI is InChI=1S/C16H14FNO2/c17-14-8-7-13(5-2-4-10-19)16(11-14)20-12-15-6-1-3-9-18-15/h1,3,6-9,11,19H,4,10,12H2. The number of rotatable bonds is 4. The molecule has 2 aromatic rings. The summed E-state index contributed by atoms with van der Waals surface area (Å²) >= 11 is 0. The molecule has 0 bridgehead atoms. The highest BCUT2D eigenvalue weighted by atomic mass is 19.1. The Morgan fingerprint density at radius 3 is 2.90 bits per heavy atom. The van der Waals surface area contributed by atoms with E-state index in [9.17, 15) is 4.39 Å². The van der Waals surface area contributed by atoms with Crippen molar-refractivity contribution in [1.29, 1.82) is 0 Å². The van der Waals surface area contributed by atoms with E-state index in [1.54, 1.807) is 12.3 Å². The van der Waals surface area contributed by atoms with Gasteiger partial charge in [-0.2, -0.15) is 0 Å². The summed E-state index contributed by atoms with van der Waals surface area (Å²) in [6.07, 6.45) is 2.04. The first-order chi connectivity index (χ1) is 9.79. The smallest absolute Gasteiger partial charge is 0.138 e. The van der Waals surface area contributed by atoms with Gasteiger partial charge < -0.3 is 9.84 Å². The molecular weight excluding hydrogens is 257 g/mol. The fraction of sp³-hybridized carbons (Fsp3) is 0.188. The molecule has 0 saturated heterocycles. The average Bonchev–Trinajstić information content (AvgIpc) is 2.48. The van der Waals surface area contributed by atoms with Crippen LogP contribution in [0.2, 0.25) is 0 Å². The lowest BCUT2D eigenvalue weighted by molar-refractivity contribution is 0.299. The van der Waals surface area contributed by atoms with Gasteiger partial charge in [-0.15, -0.1) is 0 Å². The molecule has 1 heterocycles. The number of nitrogens with zero attached hydrogens (tertiary/aromatic N) is 1. The predicted octanol–water partition coefficient (Wildman–Crippen LogP) is 2.53. The maximum atomic E-state index is 13.3. The van der Waals surface area contributed by atoms with E-state index in [4.69, 9.17) is 9.84 Å². The van der Waals surface area contributed by atoms with Crippen LogP contribution < -0.4 is 4.74 Å². The van der Waals surface area contributed by atoms with Crippen LogP contribution in [-0.4, -0.2) is 16.7 Å². The Hall–Kier alpha value is -2.38. The molecule has 0 aliphatic heterocycles. The highest BCUT2D eigenvalue weighted by molar-refractivity contribution is 5.46. The molecule has 0 atom stereocenters. The quantitative estimate of drug-likeness (QED) is 0.869. The molecule has 1 aromatic carbocycles. The maximum Gasteiger partial charge on any atom is 0.138 e. The molecule has 1 N–H and O–H groups in total. The third kappa shape index (κ3) is 4.08. The van der Waals surface area contributed by atoms with Crippen LogP contribution in [0.4, 0.5) is 4.39 Å². The molecule has 1 aromatic heterocycles. The summed E-state index contributed by atoms with van der Waals surface area (Å²) in [5.74, 6) is 5.64. The Balaban J connectivity index is 2.13. The zero-order chi connectivity index (χ0) is 14.2. The van der Waals surface area contributed by atoms with Gasteiger partial charge in [0.2, 0.25) is 0 Å². The summed E-state index contributed by atoms with van der Waals surface area (Å²) in [6.45, 7) is 0.247. The van der Waals surface area contributed by atoms with Crippen LogP contribution in [0.1, 0.15) is 17.7 Å². The van der Waals surface area contributed by atoms with Crippen molar-refractivity contribution < 1.29 is 14.2 Å². The van der Waals surface area contributed by atoms with Crippen molar-refractivity contribution in [2.75, 3.05) is 6.61 Å². The fourth-order valence-corrected chi connectivity index (χ4v) is 1.57. The molecule has 0 saturated carbocycles. The zero-order valence-corrected chi connectivity index (χ0v) is 10.8. The van der Waals surface area contributed by atoms with Crippen LogP contribution in [-0.2, 0) is 6.61 Å². The molecule has 0 radical (unpaired) electrons. The van der Waals surface area contributed by atoms with Crippen molar-refractivity contribution in [2.24, 2.45) is 0 Å². The summed E-state index contributed by atoms with van der Waals surface area (Å²) in [5, 5.41) is 8.71. The van der Waals surface area contributed by atoms with Crippen LogP contribution in [0.3, 0.4) is 0 Å². The average molecular weight is 271 g/mol. The number of hydrogen-bond acceptors (Lipinski definition) is 3. The lowest BCUT2D eigenvalue weighted by Gasteiger charge is -2.08. The first kappa shape index (κ1) is 14.0. The van der Waals surface area contributed by atoms with E-state index in [0.717, 1.165) is 5.69 Å². The molecule has 20 heavy (non-hydrogen) atoms. The molecule has 0 unspecified atom stereocenters. The Morgan fingerprint density at radius 1 is 1.25 bits per heavy atom. The van der Waals surface area contributed by atoms with Crippen molar-refractivity contribution in [3.05, 3.63) is 59.7 Å². The second kappa shape index (κ2) is 7.27. The van der Waals surface area contributed by atoms with Gasteiger partial charge in [0, 0.05) is 18.7 Å². The number of pyridine rings is 1. The third-order valence-electron chi connectivity index (χ3n) is 2.51. The van der Waals surface area contributed by atoms with Crippen LogP contribution >= 0.6 is 0 Å². The zero-order valence-electron chi connectivity index (χ0n) is 10.8. The normalized spacial score (nSPS) is 9.70. The molecule has 4 heteroatoms. The number of ether oxygens (including phenoxy) is 1. The predicted molar refractivity (Wildman–Crippen MR) is 73.5 cm³/mol. The fourth-order valence-electron chi connectivity index (χ4n) is 1.57. The highest BCUT2D eigenvalue weighted by Crippen LogP contribution is 2.20. The minimum absolute atomic E-state index is 0.00167. The molecule has 0 aliphatic carbocycles. The van der Waals surface area contributed by atoms with Gasteiger partial charge in [0.05, 0.1) is 17.9 Å². The van der Waals surface area contributed by atoms with E-state index in [1.165, 1.54) is 12.1 Å². The van der Waals surface area contributed by atoms with Gasteiger partial charge in [-0.1, -0.05) is 17.9 Å².